The van der Waals surface area contributed by atoms with Crippen molar-refractivity contribution >= 4 is 26.0 Å². The molecule has 0 aromatic heterocycles. The summed E-state index contributed by atoms with van der Waals surface area (Å²) in [6.45, 7) is 0.385. The molecule has 3 nitrogen and oxygen atoms in total. The van der Waals surface area contributed by atoms with E-state index in [9.17, 15) is 12.8 Å². The standard InChI is InChI=1S/C13H17BrFNO2S/c14-11-7-5-10(6-8-11)9-16-19(17,18)13-4-2-1-3-12(13)15/h1-4,10-11,16H,5-9H2. The predicted octanol–water partition coefficient (Wildman–Crippen LogP) is 3.06. The lowest BCUT2D eigenvalue weighted by atomic mass is 9.89. The van der Waals surface area contributed by atoms with Gasteiger partial charge in [-0.25, -0.2) is 17.5 Å². The molecule has 1 aromatic rings. The monoisotopic (exact) mass is 349 g/mol. The van der Waals surface area contributed by atoms with Gasteiger partial charge in [0, 0.05) is 11.4 Å². The quantitative estimate of drug-likeness (QED) is 0.849. The van der Waals surface area contributed by atoms with Crippen LogP contribution in [0.2, 0.25) is 0 Å². The summed E-state index contributed by atoms with van der Waals surface area (Å²) in [4.78, 5) is 0.274. The van der Waals surface area contributed by atoms with Gasteiger partial charge in [-0.3, -0.25) is 0 Å². The summed E-state index contributed by atoms with van der Waals surface area (Å²) in [7, 11) is -3.74. The van der Waals surface area contributed by atoms with Crippen LogP contribution in [-0.2, 0) is 10.0 Å². The second kappa shape index (κ2) is 6.33. The van der Waals surface area contributed by atoms with Gasteiger partial charge in [-0.1, -0.05) is 28.1 Å². The molecule has 0 aliphatic heterocycles. The molecule has 0 amide bonds. The molecule has 0 bridgehead atoms. The SMILES string of the molecule is O=S(=O)(NCC1CCC(Br)CC1)c1ccccc1F. The van der Waals surface area contributed by atoms with Gasteiger partial charge >= 0.3 is 0 Å². The Morgan fingerprint density at radius 2 is 1.84 bits per heavy atom. The first-order chi connectivity index (χ1) is 8.99. The first kappa shape index (κ1) is 14.9. The molecular weight excluding hydrogens is 333 g/mol. The number of nitrogens with one attached hydrogen (secondary N) is 1. The highest BCUT2D eigenvalue weighted by Crippen LogP contribution is 2.28. The second-order valence-electron chi connectivity index (χ2n) is 4.90. The van der Waals surface area contributed by atoms with E-state index in [0.717, 1.165) is 31.7 Å². The normalized spacial score (nSPS) is 24.3. The van der Waals surface area contributed by atoms with Gasteiger partial charge in [0.25, 0.3) is 0 Å². The molecule has 1 aromatic carbocycles. The number of sulfonamides is 1. The van der Waals surface area contributed by atoms with Crippen molar-refractivity contribution in [1.82, 2.24) is 4.72 Å². The van der Waals surface area contributed by atoms with Crippen molar-refractivity contribution in [3.63, 3.8) is 0 Å². The molecule has 1 N–H and O–H groups in total. The zero-order valence-electron chi connectivity index (χ0n) is 10.5. The fourth-order valence-electron chi connectivity index (χ4n) is 2.29. The lowest BCUT2D eigenvalue weighted by Gasteiger charge is -2.25. The molecule has 0 radical (unpaired) electrons. The predicted molar refractivity (Wildman–Crippen MR) is 76.3 cm³/mol. The second-order valence-corrected chi connectivity index (χ2v) is 7.93. The number of halogens is 2. The Morgan fingerprint density at radius 3 is 2.47 bits per heavy atom. The number of benzene rings is 1. The smallest absolute Gasteiger partial charge is 0.211 e. The van der Waals surface area contributed by atoms with Gasteiger partial charge < -0.3 is 0 Å². The average Bonchev–Trinajstić information content (AvgIpc) is 2.38. The van der Waals surface area contributed by atoms with E-state index >= 15 is 0 Å². The summed E-state index contributed by atoms with van der Waals surface area (Å²) in [5.41, 5.74) is 0. The van der Waals surface area contributed by atoms with Crippen molar-refractivity contribution < 1.29 is 12.8 Å². The highest BCUT2D eigenvalue weighted by molar-refractivity contribution is 9.09. The molecule has 0 heterocycles. The van der Waals surface area contributed by atoms with E-state index in [1.165, 1.54) is 18.2 Å². The molecule has 19 heavy (non-hydrogen) atoms. The van der Waals surface area contributed by atoms with Gasteiger partial charge in [0.15, 0.2) is 0 Å². The molecule has 2 rings (SSSR count). The summed E-state index contributed by atoms with van der Waals surface area (Å²) in [5.74, 6) is -0.366. The number of alkyl halides is 1. The zero-order valence-corrected chi connectivity index (χ0v) is 12.9. The molecular formula is C13H17BrFNO2S. The lowest BCUT2D eigenvalue weighted by molar-refractivity contribution is 0.366. The third kappa shape index (κ3) is 4.00. The fourth-order valence-corrected chi connectivity index (χ4v) is 4.02. The van der Waals surface area contributed by atoms with Crippen LogP contribution in [0.25, 0.3) is 0 Å². The van der Waals surface area contributed by atoms with Crippen LogP contribution in [0.5, 0.6) is 0 Å². The summed E-state index contributed by atoms with van der Waals surface area (Å²) < 4.78 is 40.0. The maximum Gasteiger partial charge on any atom is 0.243 e. The zero-order chi connectivity index (χ0) is 13.9. The Balaban J connectivity index is 1.97. The first-order valence-corrected chi connectivity index (χ1v) is 8.77. The molecule has 1 aliphatic carbocycles. The maximum absolute atomic E-state index is 13.5. The molecule has 6 heteroatoms. The molecule has 0 saturated heterocycles. The van der Waals surface area contributed by atoms with Crippen LogP contribution in [-0.4, -0.2) is 19.8 Å². The van der Waals surface area contributed by atoms with Crippen LogP contribution in [0.4, 0.5) is 4.39 Å². The minimum Gasteiger partial charge on any atom is -0.211 e. The third-order valence-electron chi connectivity index (χ3n) is 3.46. The van der Waals surface area contributed by atoms with E-state index in [0.29, 0.717) is 17.3 Å². The van der Waals surface area contributed by atoms with Crippen LogP contribution >= 0.6 is 15.9 Å². The molecule has 106 valence electrons. The van der Waals surface area contributed by atoms with Gasteiger partial charge in [0.05, 0.1) is 0 Å². The number of rotatable bonds is 4. The van der Waals surface area contributed by atoms with Gasteiger partial charge in [-0.2, -0.15) is 0 Å². The Morgan fingerprint density at radius 1 is 1.21 bits per heavy atom. The Kier molecular flexibility index (Phi) is 4.97. The van der Waals surface area contributed by atoms with Crippen LogP contribution < -0.4 is 4.72 Å². The van der Waals surface area contributed by atoms with Gasteiger partial charge in [0.2, 0.25) is 10.0 Å². The van der Waals surface area contributed by atoms with Crippen LogP contribution in [0.15, 0.2) is 29.2 Å². The molecule has 1 saturated carbocycles. The van der Waals surface area contributed by atoms with E-state index in [2.05, 4.69) is 20.7 Å². The third-order valence-corrected chi connectivity index (χ3v) is 5.84. The minimum atomic E-state index is -3.74. The highest BCUT2D eigenvalue weighted by Gasteiger charge is 2.23. The van der Waals surface area contributed by atoms with Gasteiger partial charge in [-0.05, 0) is 43.7 Å². The average molecular weight is 350 g/mol. The first-order valence-electron chi connectivity index (χ1n) is 6.37. The van der Waals surface area contributed by atoms with E-state index in [-0.39, 0.29) is 4.90 Å². The van der Waals surface area contributed by atoms with Crippen molar-refractivity contribution in [3.05, 3.63) is 30.1 Å². The van der Waals surface area contributed by atoms with Crippen molar-refractivity contribution in [3.8, 4) is 0 Å². The van der Waals surface area contributed by atoms with Crippen LogP contribution in [0.3, 0.4) is 0 Å². The van der Waals surface area contributed by atoms with Crippen molar-refractivity contribution in [2.45, 2.75) is 35.4 Å². The number of hydrogen-bond acceptors (Lipinski definition) is 2. The topological polar surface area (TPSA) is 46.2 Å². The minimum absolute atomic E-state index is 0.274. The Hall–Kier alpha value is -0.460. The highest BCUT2D eigenvalue weighted by atomic mass is 79.9. The van der Waals surface area contributed by atoms with E-state index < -0.39 is 15.8 Å². The van der Waals surface area contributed by atoms with Gasteiger partial charge in [0.1, 0.15) is 10.7 Å². The largest absolute Gasteiger partial charge is 0.243 e. The molecule has 1 aliphatic rings. The van der Waals surface area contributed by atoms with Crippen LogP contribution in [0.1, 0.15) is 25.7 Å². The Bertz CT molecular complexity index is 527. The summed E-state index contributed by atoms with van der Waals surface area (Å²) in [5, 5.41) is 0. The Labute approximate surface area is 121 Å². The molecule has 0 spiro atoms. The van der Waals surface area contributed by atoms with Crippen molar-refractivity contribution in [2.24, 2.45) is 5.92 Å². The van der Waals surface area contributed by atoms with E-state index in [1.807, 2.05) is 0 Å². The molecule has 0 atom stereocenters. The molecule has 0 unspecified atom stereocenters. The lowest BCUT2D eigenvalue weighted by Crippen LogP contribution is -2.31. The van der Waals surface area contributed by atoms with Gasteiger partial charge in [-0.15, -0.1) is 0 Å². The summed E-state index contributed by atoms with van der Waals surface area (Å²) in [6.07, 6.45) is 4.11. The van der Waals surface area contributed by atoms with Crippen LogP contribution in [0, 0.1) is 11.7 Å². The maximum atomic E-state index is 13.5. The summed E-state index contributed by atoms with van der Waals surface area (Å²) >= 11 is 3.56. The fraction of sp³-hybridized carbons (Fsp3) is 0.538. The van der Waals surface area contributed by atoms with Crippen molar-refractivity contribution in [1.29, 1.82) is 0 Å². The summed E-state index contributed by atoms with van der Waals surface area (Å²) in [6, 6.07) is 5.44. The van der Waals surface area contributed by atoms with Crippen molar-refractivity contribution in [2.75, 3.05) is 6.54 Å². The molecule has 1 fully saturated rings. The number of hydrogen-bond donors (Lipinski definition) is 1. The van der Waals surface area contributed by atoms with E-state index in [1.54, 1.807) is 0 Å². The van der Waals surface area contributed by atoms with E-state index in [4.69, 9.17) is 0 Å².